The van der Waals surface area contributed by atoms with E-state index in [2.05, 4.69) is 218 Å². The van der Waals surface area contributed by atoms with Crippen LogP contribution in [0.4, 0.5) is 0 Å². The van der Waals surface area contributed by atoms with Gasteiger partial charge in [-0.25, -0.2) is 9.98 Å². The lowest BCUT2D eigenvalue weighted by molar-refractivity contribution is 0.676. The molecule has 3 nitrogen and oxygen atoms in total. The molecule has 1 N–H and O–H groups in total. The van der Waals surface area contributed by atoms with Gasteiger partial charge < -0.3 is 5.32 Å². The number of rotatable bonds is 6. The normalized spacial score (nSPS) is 14.0. The second kappa shape index (κ2) is 14.1. The lowest BCUT2D eigenvalue weighted by atomic mass is 9.86. The van der Waals surface area contributed by atoms with Gasteiger partial charge in [-0.1, -0.05) is 206 Å². The fraction of sp³-hybridized carbons (Fsp3) is 0.0182. The van der Waals surface area contributed by atoms with Gasteiger partial charge in [-0.15, -0.1) is 0 Å². The molecule has 0 aromatic heterocycles. The number of fused-ring (bicyclic) bond motifs is 8. The second-order valence-electron chi connectivity index (χ2n) is 14.9. The zero-order valence-corrected chi connectivity index (χ0v) is 31.7. The first-order valence-electron chi connectivity index (χ1n) is 19.9. The Morgan fingerprint density at radius 3 is 1.45 bits per heavy atom. The largest absolute Gasteiger partial charge is 0.344 e. The summed E-state index contributed by atoms with van der Waals surface area (Å²) in [6.07, 6.45) is -0.403. The van der Waals surface area contributed by atoms with Crippen molar-refractivity contribution in [3.8, 4) is 33.4 Å². The first kappa shape index (κ1) is 33.7. The topological polar surface area (TPSA) is 36.8 Å². The number of amidine groups is 2. The minimum absolute atomic E-state index is 0.403. The summed E-state index contributed by atoms with van der Waals surface area (Å²) in [5, 5.41) is 13.9. The molecular weight excluding hydrogens is 703 g/mol. The van der Waals surface area contributed by atoms with Gasteiger partial charge in [-0.05, 0) is 82.5 Å². The predicted molar refractivity (Wildman–Crippen MR) is 245 cm³/mol. The SMILES string of the molecule is c1ccc(-c2ccccc2C2=NC(c3ccccc3-c3ccccc3)NC(c3ccccc3-c3cc4c5ccccc5c5ccccc5c4c4ccccc34)=N2)cc1. The Kier molecular flexibility index (Phi) is 8.22. The molecule has 11 rings (SSSR count). The van der Waals surface area contributed by atoms with Gasteiger partial charge in [0.25, 0.3) is 0 Å². The van der Waals surface area contributed by atoms with Crippen LogP contribution in [0.2, 0.25) is 0 Å². The third-order valence-corrected chi connectivity index (χ3v) is 11.6. The van der Waals surface area contributed by atoms with Gasteiger partial charge in [0, 0.05) is 16.7 Å². The average molecular weight is 740 g/mol. The highest BCUT2D eigenvalue weighted by Crippen LogP contribution is 2.44. The van der Waals surface area contributed by atoms with Crippen LogP contribution in [0, 0.1) is 0 Å². The van der Waals surface area contributed by atoms with Crippen LogP contribution in [-0.2, 0) is 0 Å². The number of nitrogens with zero attached hydrogens (tertiary/aromatic N) is 2. The van der Waals surface area contributed by atoms with Crippen molar-refractivity contribution in [2.45, 2.75) is 6.17 Å². The van der Waals surface area contributed by atoms with Gasteiger partial charge in [-0.3, -0.25) is 0 Å². The van der Waals surface area contributed by atoms with Gasteiger partial charge in [0.15, 0.2) is 5.84 Å². The van der Waals surface area contributed by atoms with Crippen LogP contribution < -0.4 is 5.32 Å². The number of nitrogens with one attached hydrogen (secondary N) is 1. The van der Waals surface area contributed by atoms with Crippen molar-refractivity contribution in [2.24, 2.45) is 9.98 Å². The van der Waals surface area contributed by atoms with Crippen LogP contribution in [0.15, 0.2) is 222 Å². The van der Waals surface area contributed by atoms with E-state index in [1.165, 1.54) is 48.7 Å². The quantitative estimate of drug-likeness (QED) is 0.169. The molecule has 10 aromatic rings. The predicted octanol–water partition coefficient (Wildman–Crippen LogP) is 13.8. The van der Waals surface area contributed by atoms with Crippen molar-refractivity contribution < 1.29 is 0 Å². The monoisotopic (exact) mass is 739 g/mol. The Labute approximate surface area is 337 Å². The molecule has 0 radical (unpaired) electrons. The number of aliphatic imine (C=N–C) groups is 2. The molecule has 1 atom stereocenters. The second-order valence-corrected chi connectivity index (χ2v) is 14.9. The maximum Gasteiger partial charge on any atom is 0.160 e. The molecule has 0 amide bonds. The van der Waals surface area contributed by atoms with E-state index in [9.17, 15) is 0 Å². The summed E-state index contributed by atoms with van der Waals surface area (Å²) in [7, 11) is 0. The van der Waals surface area contributed by atoms with Crippen molar-refractivity contribution in [1.29, 1.82) is 0 Å². The van der Waals surface area contributed by atoms with Crippen LogP contribution in [0.3, 0.4) is 0 Å². The molecule has 0 saturated carbocycles. The van der Waals surface area contributed by atoms with Gasteiger partial charge in [-0.2, -0.15) is 0 Å². The Hall–Kier alpha value is -7.62. The number of hydrogen-bond donors (Lipinski definition) is 1. The molecule has 1 aliphatic heterocycles. The molecule has 1 heterocycles. The highest BCUT2D eigenvalue weighted by atomic mass is 15.2. The molecular formula is C55H37N3. The fourth-order valence-corrected chi connectivity index (χ4v) is 8.94. The molecule has 0 spiro atoms. The summed E-state index contributed by atoms with van der Waals surface area (Å²) < 4.78 is 0. The molecule has 1 unspecified atom stereocenters. The number of benzene rings is 10. The molecule has 1 aliphatic rings. The Morgan fingerprint density at radius 2 is 0.776 bits per heavy atom. The smallest absolute Gasteiger partial charge is 0.160 e. The van der Waals surface area contributed by atoms with Crippen molar-refractivity contribution in [2.75, 3.05) is 0 Å². The lowest BCUT2D eigenvalue weighted by Gasteiger charge is -2.27. The van der Waals surface area contributed by atoms with Crippen molar-refractivity contribution in [3.63, 3.8) is 0 Å². The van der Waals surface area contributed by atoms with Gasteiger partial charge >= 0.3 is 0 Å². The molecule has 58 heavy (non-hydrogen) atoms. The minimum Gasteiger partial charge on any atom is -0.344 e. The van der Waals surface area contributed by atoms with E-state index in [1.54, 1.807) is 0 Å². The van der Waals surface area contributed by atoms with E-state index >= 15 is 0 Å². The van der Waals surface area contributed by atoms with Gasteiger partial charge in [0.05, 0.1) is 0 Å². The molecule has 0 fully saturated rings. The van der Waals surface area contributed by atoms with E-state index in [0.29, 0.717) is 5.84 Å². The highest BCUT2D eigenvalue weighted by molar-refractivity contribution is 6.33. The summed E-state index contributed by atoms with van der Waals surface area (Å²) in [6, 6.07) is 75.8. The van der Waals surface area contributed by atoms with Crippen molar-refractivity contribution >= 4 is 54.8 Å². The van der Waals surface area contributed by atoms with Crippen molar-refractivity contribution in [1.82, 2.24) is 5.32 Å². The van der Waals surface area contributed by atoms with Crippen LogP contribution in [0.1, 0.15) is 22.9 Å². The van der Waals surface area contributed by atoms with Crippen LogP contribution >= 0.6 is 0 Å². The van der Waals surface area contributed by atoms with Gasteiger partial charge in [0.2, 0.25) is 0 Å². The van der Waals surface area contributed by atoms with Crippen LogP contribution in [-0.4, -0.2) is 11.7 Å². The molecule has 0 bridgehead atoms. The summed E-state index contributed by atoms with van der Waals surface area (Å²) in [6.45, 7) is 0. The van der Waals surface area contributed by atoms with Crippen molar-refractivity contribution in [3.05, 3.63) is 229 Å². The lowest BCUT2D eigenvalue weighted by Crippen LogP contribution is -2.34. The molecule has 0 saturated heterocycles. The molecule has 10 aromatic carbocycles. The molecule has 272 valence electrons. The Morgan fingerprint density at radius 1 is 0.328 bits per heavy atom. The van der Waals surface area contributed by atoms with Crippen LogP contribution in [0.5, 0.6) is 0 Å². The first-order chi connectivity index (χ1) is 28.8. The summed E-state index contributed by atoms with van der Waals surface area (Å²) in [5.74, 6) is 1.47. The summed E-state index contributed by atoms with van der Waals surface area (Å²) >= 11 is 0. The Balaban J connectivity index is 1.16. The first-order valence-corrected chi connectivity index (χ1v) is 19.9. The zero-order chi connectivity index (χ0) is 38.4. The van der Waals surface area contributed by atoms with Gasteiger partial charge in [0.1, 0.15) is 12.0 Å². The van der Waals surface area contributed by atoms with E-state index in [-0.39, 0.29) is 0 Å². The zero-order valence-electron chi connectivity index (χ0n) is 31.7. The highest BCUT2D eigenvalue weighted by Gasteiger charge is 2.27. The summed E-state index contributed by atoms with van der Waals surface area (Å²) in [5.41, 5.74) is 9.86. The van der Waals surface area contributed by atoms with E-state index in [1.807, 2.05) is 0 Å². The third-order valence-electron chi connectivity index (χ3n) is 11.6. The maximum absolute atomic E-state index is 5.46. The maximum atomic E-state index is 5.46. The number of hydrogen-bond acceptors (Lipinski definition) is 3. The minimum atomic E-state index is -0.403. The fourth-order valence-electron chi connectivity index (χ4n) is 8.94. The van der Waals surface area contributed by atoms with E-state index in [4.69, 9.17) is 9.98 Å². The standard InChI is InChI=1S/C55H37N3/c1-3-19-36(20-4-1)38-23-7-16-32-47(38)53-56-54(48-33-17-8-24-39(48)37-21-5-2-6-22-37)58-55(57-53)49-34-18-13-29-44(49)50-35-51-42-27-10-9-25-40(42)41-26-11-14-30-45(41)52(51)46-31-15-12-28-43(46)50/h1-35,53H,(H,56,57,58). The van der Waals surface area contributed by atoms with E-state index in [0.717, 1.165) is 50.3 Å². The summed E-state index contributed by atoms with van der Waals surface area (Å²) in [4.78, 5) is 10.9. The molecule has 3 heteroatoms. The van der Waals surface area contributed by atoms with Crippen LogP contribution in [0.25, 0.3) is 76.5 Å². The molecule has 0 aliphatic carbocycles. The average Bonchev–Trinajstić information content (AvgIpc) is 3.31. The van der Waals surface area contributed by atoms with E-state index < -0.39 is 6.17 Å². The third kappa shape index (κ3) is 5.67. The Bertz CT molecular complexity index is 3250.